The molecule has 0 aliphatic carbocycles. The van der Waals surface area contributed by atoms with Gasteiger partial charge in [0, 0.05) is 30.2 Å². The maximum Gasteiger partial charge on any atom is 0.121 e. The van der Waals surface area contributed by atoms with Crippen LogP contribution in [-0.2, 0) is 0 Å². The maximum absolute atomic E-state index is 5.88. The highest BCUT2D eigenvalue weighted by Crippen LogP contribution is 2.28. The zero-order valence-electron chi connectivity index (χ0n) is 8.87. The summed E-state index contributed by atoms with van der Waals surface area (Å²) in [6.45, 7) is 1.94. The van der Waals surface area contributed by atoms with Crippen LogP contribution >= 0.6 is 11.8 Å². The third kappa shape index (κ3) is 2.56. The number of nitrogens with two attached hydrogens (primary N) is 1. The van der Waals surface area contributed by atoms with E-state index in [4.69, 9.17) is 5.73 Å². The van der Waals surface area contributed by atoms with Crippen LogP contribution < -0.4 is 5.73 Å². The topological polar surface area (TPSA) is 64.7 Å². The van der Waals surface area contributed by atoms with Crippen LogP contribution in [0.25, 0.3) is 0 Å². The molecule has 4 nitrogen and oxygen atoms in total. The molecular weight excluding hydrogens is 220 g/mol. The molecule has 0 spiro atoms. The third-order valence-corrected chi connectivity index (χ3v) is 2.99. The number of pyridine rings is 1. The molecule has 0 unspecified atom stereocenters. The molecule has 2 aromatic rings. The van der Waals surface area contributed by atoms with Gasteiger partial charge in [-0.3, -0.25) is 4.98 Å². The fraction of sp³-hybridized carbons (Fsp3) is 0.182. The molecule has 0 bridgehead atoms. The average Bonchev–Trinajstić information content (AvgIpc) is 2.31. The maximum atomic E-state index is 5.88. The van der Waals surface area contributed by atoms with Gasteiger partial charge in [0.2, 0.25) is 0 Å². The number of hydrogen-bond donors (Lipinski definition) is 1. The van der Waals surface area contributed by atoms with E-state index in [0.29, 0.717) is 0 Å². The van der Waals surface area contributed by atoms with Crippen molar-refractivity contribution in [2.24, 2.45) is 5.73 Å². The number of aromatic nitrogens is 3. The monoisotopic (exact) mass is 232 g/mol. The van der Waals surface area contributed by atoms with Crippen LogP contribution in [0.4, 0.5) is 0 Å². The minimum Gasteiger partial charge on any atom is -0.324 e. The lowest BCUT2D eigenvalue weighted by atomic mass is 10.2. The normalized spacial score (nSPS) is 12.4. The molecule has 0 amide bonds. The molecule has 0 aromatic carbocycles. The van der Waals surface area contributed by atoms with Crippen LogP contribution in [0.1, 0.15) is 18.5 Å². The SMILES string of the molecule is C[C@@H](N)c1cccnc1Sc1cnccn1. The standard InChI is InChI=1S/C11H12N4S/c1-8(12)9-3-2-4-15-11(9)16-10-7-13-5-6-14-10/h2-8H,12H2,1H3/t8-/m1/s1. The van der Waals surface area contributed by atoms with E-state index in [1.807, 2.05) is 19.1 Å². The van der Waals surface area contributed by atoms with Gasteiger partial charge in [-0.2, -0.15) is 0 Å². The van der Waals surface area contributed by atoms with Crippen molar-refractivity contribution in [3.05, 3.63) is 42.5 Å². The lowest BCUT2D eigenvalue weighted by Crippen LogP contribution is -2.07. The first-order chi connectivity index (χ1) is 7.77. The first kappa shape index (κ1) is 11.0. The Kier molecular flexibility index (Phi) is 3.48. The summed E-state index contributed by atoms with van der Waals surface area (Å²) in [4.78, 5) is 12.5. The van der Waals surface area contributed by atoms with E-state index in [1.54, 1.807) is 24.8 Å². The first-order valence-corrected chi connectivity index (χ1v) is 5.73. The summed E-state index contributed by atoms with van der Waals surface area (Å²) in [7, 11) is 0. The van der Waals surface area contributed by atoms with Crippen molar-refractivity contribution in [2.75, 3.05) is 0 Å². The number of hydrogen-bond acceptors (Lipinski definition) is 5. The lowest BCUT2D eigenvalue weighted by molar-refractivity contribution is 0.779. The fourth-order valence-electron chi connectivity index (χ4n) is 1.27. The molecule has 0 radical (unpaired) electrons. The minimum absolute atomic E-state index is 0.0344. The highest BCUT2D eigenvalue weighted by Gasteiger charge is 2.09. The zero-order chi connectivity index (χ0) is 11.4. The Labute approximate surface area is 98.3 Å². The van der Waals surface area contributed by atoms with E-state index >= 15 is 0 Å². The molecule has 82 valence electrons. The zero-order valence-corrected chi connectivity index (χ0v) is 9.69. The van der Waals surface area contributed by atoms with E-state index in [2.05, 4.69) is 15.0 Å². The molecule has 0 aliphatic rings. The van der Waals surface area contributed by atoms with Gasteiger partial charge in [-0.15, -0.1) is 0 Å². The van der Waals surface area contributed by atoms with E-state index < -0.39 is 0 Å². The van der Waals surface area contributed by atoms with Crippen molar-refractivity contribution in [3.63, 3.8) is 0 Å². The van der Waals surface area contributed by atoms with Gasteiger partial charge in [-0.25, -0.2) is 9.97 Å². The van der Waals surface area contributed by atoms with Crippen molar-refractivity contribution in [2.45, 2.75) is 23.0 Å². The van der Waals surface area contributed by atoms with Gasteiger partial charge in [0.05, 0.1) is 6.20 Å². The molecule has 2 aromatic heterocycles. The van der Waals surface area contributed by atoms with Gasteiger partial charge in [0.15, 0.2) is 0 Å². The highest BCUT2D eigenvalue weighted by atomic mass is 32.2. The summed E-state index contributed by atoms with van der Waals surface area (Å²) in [5.41, 5.74) is 6.90. The highest BCUT2D eigenvalue weighted by molar-refractivity contribution is 7.99. The Bertz CT molecular complexity index is 459. The molecule has 2 heterocycles. The summed E-state index contributed by atoms with van der Waals surface area (Å²) in [5, 5.41) is 1.71. The third-order valence-electron chi connectivity index (χ3n) is 2.03. The van der Waals surface area contributed by atoms with Gasteiger partial charge < -0.3 is 5.73 Å². The largest absolute Gasteiger partial charge is 0.324 e. The Morgan fingerprint density at radius 1 is 1.25 bits per heavy atom. The summed E-state index contributed by atoms with van der Waals surface area (Å²) in [5.74, 6) is 0. The predicted octanol–water partition coefficient (Wildman–Crippen LogP) is 2.04. The first-order valence-electron chi connectivity index (χ1n) is 4.91. The van der Waals surface area contributed by atoms with Gasteiger partial charge in [-0.05, 0) is 24.8 Å². The number of nitrogens with zero attached hydrogens (tertiary/aromatic N) is 3. The lowest BCUT2D eigenvalue weighted by Gasteiger charge is -2.09. The molecular formula is C11H12N4S. The van der Waals surface area contributed by atoms with Crippen molar-refractivity contribution in [1.82, 2.24) is 15.0 Å². The molecule has 0 saturated carbocycles. The summed E-state index contributed by atoms with van der Waals surface area (Å²) in [6.07, 6.45) is 6.78. The van der Waals surface area contributed by atoms with E-state index in [0.717, 1.165) is 15.6 Å². The Hall–Kier alpha value is -1.46. The molecule has 2 N–H and O–H groups in total. The van der Waals surface area contributed by atoms with E-state index in [1.165, 1.54) is 11.8 Å². The summed E-state index contributed by atoms with van der Waals surface area (Å²) in [6, 6.07) is 3.84. The average molecular weight is 232 g/mol. The summed E-state index contributed by atoms with van der Waals surface area (Å²) >= 11 is 1.48. The second-order valence-electron chi connectivity index (χ2n) is 3.33. The van der Waals surface area contributed by atoms with Crippen molar-refractivity contribution in [1.29, 1.82) is 0 Å². The van der Waals surface area contributed by atoms with E-state index in [9.17, 15) is 0 Å². The van der Waals surface area contributed by atoms with Crippen LogP contribution in [0.5, 0.6) is 0 Å². The molecule has 0 fully saturated rings. The second-order valence-corrected chi connectivity index (χ2v) is 4.34. The van der Waals surface area contributed by atoms with Gasteiger partial charge >= 0.3 is 0 Å². The minimum atomic E-state index is -0.0344. The van der Waals surface area contributed by atoms with Crippen LogP contribution in [0.3, 0.4) is 0 Å². The van der Waals surface area contributed by atoms with E-state index in [-0.39, 0.29) is 6.04 Å². The smallest absolute Gasteiger partial charge is 0.121 e. The van der Waals surface area contributed by atoms with Crippen molar-refractivity contribution in [3.8, 4) is 0 Å². The Morgan fingerprint density at radius 2 is 2.12 bits per heavy atom. The van der Waals surface area contributed by atoms with Gasteiger partial charge in [-0.1, -0.05) is 6.07 Å². The predicted molar refractivity (Wildman–Crippen MR) is 63.0 cm³/mol. The molecule has 16 heavy (non-hydrogen) atoms. The van der Waals surface area contributed by atoms with Gasteiger partial charge in [0.25, 0.3) is 0 Å². The van der Waals surface area contributed by atoms with Crippen LogP contribution in [0, 0.1) is 0 Å². The fourth-order valence-corrected chi connectivity index (χ4v) is 2.18. The molecule has 5 heteroatoms. The Morgan fingerprint density at radius 3 is 2.81 bits per heavy atom. The van der Waals surface area contributed by atoms with Gasteiger partial charge in [0.1, 0.15) is 10.1 Å². The molecule has 0 saturated heterocycles. The quantitative estimate of drug-likeness (QED) is 0.877. The molecule has 2 rings (SSSR count). The second kappa shape index (κ2) is 5.05. The van der Waals surface area contributed by atoms with Crippen molar-refractivity contribution < 1.29 is 0 Å². The molecule has 0 aliphatic heterocycles. The molecule has 1 atom stereocenters. The van der Waals surface area contributed by atoms with Crippen LogP contribution in [0.2, 0.25) is 0 Å². The van der Waals surface area contributed by atoms with Crippen molar-refractivity contribution >= 4 is 11.8 Å². The summed E-state index contributed by atoms with van der Waals surface area (Å²) < 4.78 is 0. The van der Waals surface area contributed by atoms with Crippen LogP contribution in [-0.4, -0.2) is 15.0 Å². The Balaban J connectivity index is 2.28. The van der Waals surface area contributed by atoms with Crippen LogP contribution in [0.15, 0.2) is 47.0 Å². The number of rotatable bonds is 3.